The van der Waals surface area contributed by atoms with Gasteiger partial charge >= 0.3 is 0 Å². The summed E-state index contributed by atoms with van der Waals surface area (Å²) >= 11 is 0. The zero-order chi connectivity index (χ0) is 23.3. The summed E-state index contributed by atoms with van der Waals surface area (Å²) in [5.41, 5.74) is 2.16. The second kappa shape index (κ2) is 9.84. The van der Waals surface area contributed by atoms with Crippen molar-refractivity contribution in [2.75, 3.05) is 26.2 Å². The highest BCUT2D eigenvalue weighted by Gasteiger charge is 2.28. The number of piperazine rings is 1. The topological polar surface area (TPSA) is 76.3 Å². The van der Waals surface area contributed by atoms with Crippen LogP contribution in [0.1, 0.15) is 17.2 Å². The molecule has 0 bridgehead atoms. The number of hydrogen-bond donors (Lipinski definition) is 0. The molecule has 5 rings (SSSR count). The predicted octanol–water partition coefficient (Wildman–Crippen LogP) is 2.36. The van der Waals surface area contributed by atoms with Crippen LogP contribution in [0, 0.1) is 0 Å². The summed E-state index contributed by atoms with van der Waals surface area (Å²) in [7, 11) is 0. The standard InChI is InChI=1S/C26H26N6O2/c33-24-13-12-23(31-15-7-14-27-31)28-32(24)20-25(34)29-16-18-30(19-17-29)26(21-8-3-1-4-9-21)22-10-5-2-6-11-22/h1-15,26H,16-20H2. The van der Waals surface area contributed by atoms with Crippen molar-refractivity contribution in [3.05, 3.63) is 113 Å². The van der Waals surface area contributed by atoms with Crippen molar-refractivity contribution >= 4 is 5.91 Å². The predicted molar refractivity (Wildman–Crippen MR) is 128 cm³/mol. The van der Waals surface area contributed by atoms with Crippen LogP contribution in [0.15, 0.2) is 96.1 Å². The van der Waals surface area contributed by atoms with Gasteiger partial charge in [-0.3, -0.25) is 14.5 Å². The third-order valence-corrected chi connectivity index (χ3v) is 6.14. The smallest absolute Gasteiger partial charge is 0.267 e. The quantitative estimate of drug-likeness (QED) is 0.447. The van der Waals surface area contributed by atoms with Gasteiger partial charge in [-0.05, 0) is 23.3 Å². The molecule has 3 heterocycles. The Morgan fingerprint density at radius 1 is 0.824 bits per heavy atom. The van der Waals surface area contributed by atoms with Crippen LogP contribution >= 0.6 is 0 Å². The maximum atomic E-state index is 13.0. The molecule has 0 atom stereocenters. The summed E-state index contributed by atoms with van der Waals surface area (Å²) in [5, 5.41) is 8.46. The highest BCUT2D eigenvalue weighted by atomic mass is 16.2. The first kappa shape index (κ1) is 21.8. The Hall–Kier alpha value is -4.04. The first-order valence-corrected chi connectivity index (χ1v) is 11.4. The fraction of sp³-hybridized carbons (Fsp3) is 0.231. The fourth-order valence-corrected chi connectivity index (χ4v) is 4.42. The number of nitrogens with zero attached hydrogens (tertiary/aromatic N) is 6. The molecule has 0 radical (unpaired) electrons. The van der Waals surface area contributed by atoms with E-state index in [9.17, 15) is 9.59 Å². The van der Waals surface area contributed by atoms with Gasteiger partial charge in [-0.2, -0.15) is 5.10 Å². The van der Waals surface area contributed by atoms with Gasteiger partial charge in [0.2, 0.25) is 5.91 Å². The molecule has 1 saturated heterocycles. The lowest BCUT2D eigenvalue weighted by molar-refractivity contribution is -0.134. The lowest BCUT2D eigenvalue weighted by Crippen LogP contribution is -2.51. The van der Waals surface area contributed by atoms with Crippen LogP contribution in [-0.4, -0.2) is 61.4 Å². The highest BCUT2D eigenvalue weighted by molar-refractivity contribution is 5.76. The Labute approximate surface area is 197 Å². The molecule has 1 amide bonds. The number of rotatable bonds is 6. The maximum absolute atomic E-state index is 13.0. The van der Waals surface area contributed by atoms with Gasteiger partial charge < -0.3 is 4.90 Å². The summed E-state index contributed by atoms with van der Waals surface area (Å²) in [6.45, 7) is 2.60. The van der Waals surface area contributed by atoms with Gasteiger partial charge in [0.15, 0.2) is 5.82 Å². The molecule has 34 heavy (non-hydrogen) atoms. The molecule has 1 aliphatic heterocycles. The van der Waals surface area contributed by atoms with Gasteiger partial charge in [0, 0.05) is 44.6 Å². The van der Waals surface area contributed by atoms with Crippen LogP contribution in [0.4, 0.5) is 0 Å². The SMILES string of the molecule is O=C(Cn1nc(-n2cccn2)ccc1=O)N1CCN(C(c2ccccc2)c2ccccc2)CC1. The van der Waals surface area contributed by atoms with Crippen LogP contribution in [0.5, 0.6) is 0 Å². The molecule has 8 nitrogen and oxygen atoms in total. The number of carbonyl (C=O) groups excluding carboxylic acids is 1. The molecule has 0 saturated carbocycles. The van der Waals surface area contributed by atoms with Gasteiger partial charge in [-0.25, -0.2) is 9.36 Å². The fourth-order valence-electron chi connectivity index (χ4n) is 4.42. The van der Waals surface area contributed by atoms with Gasteiger partial charge in [0.25, 0.3) is 5.56 Å². The van der Waals surface area contributed by atoms with Crippen molar-refractivity contribution in [2.24, 2.45) is 0 Å². The molecule has 8 heteroatoms. The molecule has 2 aromatic heterocycles. The normalized spacial score (nSPS) is 14.4. The molecule has 172 valence electrons. The zero-order valence-corrected chi connectivity index (χ0v) is 18.8. The van der Waals surface area contributed by atoms with Crippen molar-refractivity contribution in [2.45, 2.75) is 12.6 Å². The molecular weight excluding hydrogens is 428 g/mol. The third-order valence-electron chi connectivity index (χ3n) is 6.14. The Bertz CT molecular complexity index is 1240. The minimum atomic E-state index is -0.309. The van der Waals surface area contributed by atoms with E-state index in [1.54, 1.807) is 29.2 Å². The van der Waals surface area contributed by atoms with Crippen LogP contribution in [0.2, 0.25) is 0 Å². The summed E-state index contributed by atoms with van der Waals surface area (Å²) in [5.74, 6) is 0.388. The number of hydrogen-bond acceptors (Lipinski definition) is 5. The minimum absolute atomic E-state index is 0.0886. The summed E-state index contributed by atoms with van der Waals surface area (Å²) < 4.78 is 2.77. The van der Waals surface area contributed by atoms with Crippen LogP contribution in [-0.2, 0) is 11.3 Å². The molecular formula is C26H26N6O2. The van der Waals surface area contributed by atoms with E-state index in [0.717, 1.165) is 13.1 Å². The van der Waals surface area contributed by atoms with Crippen LogP contribution in [0.3, 0.4) is 0 Å². The number of carbonyl (C=O) groups is 1. The van der Waals surface area contributed by atoms with E-state index in [1.165, 1.54) is 21.9 Å². The van der Waals surface area contributed by atoms with Gasteiger partial charge in [0.1, 0.15) is 6.54 Å². The lowest BCUT2D eigenvalue weighted by atomic mass is 9.96. The molecule has 1 aliphatic rings. The van der Waals surface area contributed by atoms with Crippen molar-refractivity contribution in [3.8, 4) is 5.82 Å². The van der Waals surface area contributed by atoms with Crippen molar-refractivity contribution in [1.29, 1.82) is 0 Å². The average Bonchev–Trinajstić information content (AvgIpc) is 3.42. The number of amides is 1. The van der Waals surface area contributed by atoms with Crippen molar-refractivity contribution in [1.82, 2.24) is 29.4 Å². The summed E-state index contributed by atoms with van der Waals surface area (Å²) in [6, 6.07) is 25.8. The van der Waals surface area contributed by atoms with E-state index in [1.807, 2.05) is 17.0 Å². The Balaban J connectivity index is 1.28. The Kier molecular flexibility index (Phi) is 6.31. The molecule has 0 aliphatic carbocycles. The molecule has 4 aromatic rings. The second-order valence-electron chi connectivity index (χ2n) is 8.28. The first-order valence-electron chi connectivity index (χ1n) is 11.4. The van der Waals surface area contributed by atoms with Gasteiger partial charge in [-0.1, -0.05) is 60.7 Å². The zero-order valence-electron chi connectivity index (χ0n) is 18.8. The van der Waals surface area contributed by atoms with E-state index >= 15 is 0 Å². The van der Waals surface area contributed by atoms with Crippen LogP contribution in [0.25, 0.3) is 5.82 Å². The van der Waals surface area contributed by atoms with E-state index < -0.39 is 0 Å². The summed E-state index contributed by atoms with van der Waals surface area (Å²) in [4.78, 5) is 29.6. The van der Waals surface area contributed by atoms with E-state index in [-0.39, 0.29) is 24.1 Å². The molecule has 0 N–H and O–H groups in total. The summed E-state index contributed by atoms with van der Waals surface area (Å²) in [6.07, 6.45) is 3.38. The molecule has 0 unspecified atom stereocenters. The maximum Gasteiger partial charge on any atom is 0.267 e. The van der Waals surface area contributed by atoms with Crippen molar-refractivity contribution in [3.63, 3.8) is 0 Å². The number of aromatic nitrogens is 4. The largest absolute Gasteiger partial charge is 0.339 e. The van der Waals surface area contributed by atoms with E-state index in [0.29, 0.717) is 18.9 Å². The first-order chi connectivity index (χ1) is 16.7. The van der Waals surface area contributed by atoms with E-state index in [4.69, 9.17) is 0 Å². The third kappa shape index (κ3) is 4.67. The second-order valence-corrected chi connectivity index (χ2v) is 8.28. The van der Waals surface area contributed by atoms with Gasteiger partial charge in [-0.15, -0.1) is 5.10 Å². The number of benzene rings is 2. The van der Waals surface area contributed by atoms with E-state index in [2.05, 4.69) is 63.6 Å². The highest BCUT2D eigenvalue weighted by Crippen LogP contribution is 2.29. The van der Waals surface area contributed by atoms with Crippen molar-refractivity contribution < 1.29 is 4.79 Å². The Morgan fingerprint density at radius 3 is 2.06 bits per heavy atom. The molecule has 1 fully saturated rings. The molecule has 0 spiro atoms. The average molecular weight is 455 g/mol. The Morgan fingerprint density at radius 2 is 1.47 bits per heavy atom. The molecule has 2 aromatic carbocycles. The van der Waals surface area contributed by atoms with Crippen LogP contribution < -0.4 is 5.56 Å². The minimum Gasteiger partial charge on any atom is -0.339 e. The van der Waals surface area contributed by atoms with Gasteiger partial charge in [0.05, 0.1) is 6.04 Å². The lowest BCUT2D eigenvalue weighted by Gasteiger charge is -2.39. The monoisotopic (exact) mass is 454 g/mol.